The van der Waals surface area contributed by atoms with Gasteiger partial charge in [-0.2, -0.15) is 0 Å². The third kappa shape index (κ3) is 2.46. The number of halogens is 2. The number of nitrogen functional groups attached to an aromatic ring is 1. The quantitative estimate of drug-likeness (QED) is 0.828. The van der Waals surface area contributed by atoms with Crippen LogP contribution in [0.25, 0.3) is 11.1 Å². The molecule has 1 aromatic carbocycles. The summed E-state index contributed by atoms with van der Waals surface area (Å²) in [5, 5.41) is 9.18. The number of carboxylic acid groups (broad SMARTS) is 1. The number of carbonyl (C=O) groups is 1. The van der Waals surface area contributed by atoms with Crippen molar-refractivity contribution < 1.29 is 19.0 Å². The van der Waals surface area contributed by atoms with Crippen LogP contribution in [0, 0.1) is 5.82 Å². The maximum absolute atomic E-state index is 14.4. The van der Waals surface area contributed by atoms with E-state index in [1.54, 1.807) is 0 Å². The van der Waals surface area contributed by atoms with E-state index in [2.05, 4.69) is 0 Å². The van der Waals surface area contributed by atoms with Gasteiger partial charge in [-0.3, -0.25) is 9.36 Å². The molecule has 8 heteroatoms. The van der Waals surface area contributed by atoms with E-state index in [-0.39, 0.29) is 28.3 Å². The molecule has 0 saturated heterocycles. The normalized spacial score (nSPS) is 19.3. The fourth-order valence-corrected chi connectivity index (χ4v) is 3.20. The standard InChI is InChI=1S/C16H14ClFN2O4/c1-24-12-6-11(16(22)23)20-10(12)4-7(5-13(20)21)14-9(19)3-2-8(17)15(14)18/h2-5,11-12H,6,19H2,1H3,(H,22,23)/t11-,12?/m0/s1. The lowest BCUT2D eigenvalue weighted by molar-refractivity contribution is -0.141. The summed E-state index contributed by atoms with van der Waals surface area (Å²) in [6.45, 7) is 0. The van der Waals surface area contributed by atoms with Crippen molar-refractivity contribution in [1.29, 1.82) is 0 Å². The number of aliphatic carboxylic acids is 1. The summed E-state index contributed by atoms with van der Waals surface area (Å²) in [6.07, 6.45) is -0.458. The fourth-order valence-electron chi connectivity index (χ4n) is 3.04. The van der Waals surface area contributed by atoms with Gasteiger partial charge < -0.3 is 15.6 Å². The van der Waals surface area contributed by atoms with Crippen LogP contribution in [-0.4, -0.2) is 22.8 Å². The van der Waals surface area contributed by atoms with Gasteiger partial charge in [0.05, 0.1) is 16.8 Å². The van der Waals surface area contributed by atoms with Gasteiger partial charge in [0.2, 0.25) is 0 Å². The predicted octanol–water partition coefficient (Wildman–Crippen LogP) is 2.61. The Balaban J connectivity index is 2.26. The van der Waals surface area contributed by atoms with Gasteiger partial charge in [-0.05, 0) is 23.8 Å². The SMILES string of the molecule is COC1C[C@@H](C(=O)O)n2c1cc(-c1c(N)ccc(Cl)c1F)cc2=O. The molecule has 24 heavy (non-hydrogen) atoms. The first-order valence-corrected chi connectivity index (χ1v) is 7.49. The molecule has 3 rings (SSSR count). The number of methoxy groups -OCH3 is 1. The molecule has 1 aliphatic heterocycles. The number of benzene rings is 1. The Bertz CT molecular complexity index is 896. The molecule has 0 amide bonds. The van der Waals surface area contributed by atoms with E-state index in [0.29, 0.717) is 5.69 Å². The molecule has 0 fully saturated rings. The van der Waals surface area contributed by atoms with Crippen molar-refractivity contribution >= 4 is 23.3 Å². The lowest BCUT2D eigenvalue weighted by Crippen LogP contribution is -2.27. The van der Waals surface area contributed by atoms with Crippen molar-refractivity contribution in [2.24, 2.45) is 0 Å². The summed E-state index contributed by atoms with van der Waals surface area (Å²) in [6, 6.07) is 4.42. The second kappa shape index (κ2) is 5.92. The number of nitrogens with zero attached hydrogens (tertiary/aromatic N) is 1. The molecule has 2 atom stereocenters. The number of hydrogen-bond donors (Lipinski definition) is 2. The average Bonchev–Trinajstić information content (AvgIpc) is 2.91. The van der Waals surface area contributed by atoms with Gasteiger partial charge in [-0.1, -0.05) is 11.6 Å². The summed E-state index contributed by atoms with van der Waals surface area (Å²) in [4.78, 5) is 23.8. The van der Waals surface area contributed by atoms with Crippen LogP contribution in [0.3, 0.4) is 0 Å². The summed E-state index contributed by atoms with van der Waals surface area (Å²) < 4.78 is 20.8. The van der Waals surface area contributed by atoms with Crippen LogP contribution < -0.4 is 11.3 Å². The van der Waals surface area contributed by atoms with Crippen molar-refractivity contribution in [3.63, 3.8) is 0 Å². The van der Waals surface area contributed by atoms with Crippen LogP contribution in [-0.2, 0) is 9.53 Å². The Morgan fingerprint density at radius 2 is 2.17 bits per heavy atom. The molecule has 2 heterocycles. The molecular formula is C16H14ClFN2O4. The average molecular weight is 353 g/mol. The Morgan fingerprint density at radius 3 is 2.79 bits per heavy atom. The van der Waals surface area contributed by atoms with Crippen LogP contribution in [0.2, 0.25) is 5.02 Å². The van der Waals surface area contributed by atoms with E-state index >= 15 is 0 Å². The zero-order valence-electron chi connectivity index (χ0n) is 12.6. The van der Waals surface area contributed by atoms with E-state index in [4.69, 9.17) is 22.1 Å². The van der Waals surface area contributed by atoms with Crippen LogP contribution in [0.4, 0.5) is 10.1 Å². The van der Waals surface area contributed by atoms with Crippen molar-refractivity contribution in [2.75, 3.05) is 12.8 Å². The maximum Gasteiger partial charge on any atom is 0.326 e. The van der Waals surface area contributed by atoms with Crippen LogP contribution in [0.5, 0.6) is 0 Å². The zero-order chi connectivity index (χ0) is 17.6. The molecule has 6 nitrogen and oxygen atoms in total. The second-order valence-corrected chi connectivity index (χ2v) is 5.92. The van der Waals surface area contributed by atoms with Gasteiger partial charge in [-0.15, -0.1) is 0 Å². The number of pyridine rings is 1. The number of nitrogens with two attached hydrogens (primary N) is 1. The molecule has 1 aromatic heterocycles. The van der Waals surface area contributed by atoms with Crippen molar-refractivity contribution in [2.45, 2.75) is 18.6 Å². The first-order valence-electron chi connectivity index (χ1n) is 7.11. The summed E-state index contributed by atoms with van der Waals surface area (Å²) in [5.41, 5.74) is 6.00. The number of fused-ring (bicyclic) bond motifs is 1. The van der Waals surface area contributed by atoms with Crippen molar-refractivity contribution in [3.05, 3.63) is 51.2 Å². The van der Waals surface area contributed by atoms with Crippen LogP contribution >= 0.6 is 11.6 Å². The van der Waals surface area contributed by atoms with Gasteiger partial charge in [0.1, 0.15) is 6.04 Å². The maximum atomic E-state index is 14.4. The predicted molar refractivity (Wildman–Crippen MR) is 86.6 cm³/mol. The van der Waals surface area contributed by atoms with E-state index in [1.807, 2.05) is 0 Å². The van der Waals surface area contributed by atoms with Gasteiger partial charge in [0, 0.05) is 30.8 Å². The Hall–Kier alpha value is -2.38. The number of hydrogen-bond acceptors (Lipinski definition) is 4. The summed E-state index contributed by atoms with van der Waals surface area (Å²) in [7, 11) is 1.42. The third-order valence-electron chi connectivity index (χ3n) is 4.16. The highest BCUT2D eigenvalue weighted by Gasteiger charge is 2.36. The minimum absolute atomic E-state index is 0.0108. The molecule has 1 unspecified atom stereocenters. The van der Waals surface area contributed by atoms with E-state index < -0.39 is 29.5 Å². The monoisotopic (exact) mass is 352 g/mol. The first-order chi connectivity index (χ1) is 11.3. The highest BCUT2D eigenvalue weighted by Crippen LogP contribution is 2.39. The van der Waals surface area contributed by atoms with Gasteiger partial charge in [0.15, 0.2) is 5.82 Å². The molecule has 126 valence electrons. The van der Waals surface area contributed by atoms with E-state index in [9.17, 15) is 19.1 Å². The molecule has 0 spiro atoms. The molecule has 0 radical (unpaired) electrons. The molecule has 0 saturated carbocycles. The van der Waals surface area contributed by atoms with Gasteiger partial charge >= 0.3 is 5.97 Å². The molecule has 3 N–H and O–H groups in total. The molecule has 2 aromatic rings. The fraction of sp³-hybridized carbons (Fsp3) is 0.250. The van der Waals surface area contributed by atoms with Crippen LogP contribution in [0.15, 0.2) is 29.1 Å². The minimum atomic E-state index is -1.13. The summed E-state index contributed by atoms with van der Waals surface area (Å²) in [5.74, 6) is -1.86. The zero-order valence-corrected chi connectivity index (χ0v) is 13.4. The number of anilines is 1. The first kappa shape index (κ1) is 16.5. The smallest absolute Gasteiger partial charge is 0.326 e. The lowest BCUT2D eigenvalue weighted by Gasteiger charge is -2.14. The Kier molecular flexibility index (Phi) is 4.06. The summed E-state index contributed by atoms with van der Waals surface area (Å²) >= 11 is 5.80. The largest absolute Gasteiger partial charge is 0.480 e. The third-order valence-corrected chi connectivity index (χ3v) is 4.45. The number of ether oxygens (including phenoxy) is 1. The molecular weight excluding hydrogens is 339 g/mol. The van der Waals surface area contributed by atoms with Crippen LogP contribution in [0.1, 0.15) is 24.3 Å². The highest BCUT2D eigenvalue weighted by atomic mass is 35.5. The lowest BCUT2D eigenvalue weighted by atomic mass is 10.0. The minimum Gasteiger partial charge on any atom is -0.480 e. The van der Waals surface area contributed by atoms with E-state index in [0.717, 1.165) is 10.6 Å². The topological polar surface area (TPSA) is 94.6 Å². The van der Waals surface area contributed by atoms with E-state index in [1.165, 1.54) is 25.3 Å². The molecule has 0 bridgehead atoms. The van der Waals surface area contributed by atoms with Crippen molar-refractivity contribution in [3.8, 4) is 11.1 Å². The van der Waals surface area contributed by atoms with Gasteiger partial charge in [0.25, 0.3) is 5.56 Å². The number of carboxylic acids is 1. The molecule has 0 aliphatic carbocycles. The van der Waals surface area contributed by atoms with Crippen molar-refractivity contribution in [1.82, 2.24) is 4.57 Å². The molecule has 1 aliphatic rings. The highest BCUT2D eigenvalue weighted by molar-refractivity contribution is 6.31. The second-order valence-electron chi connectivity index (χ2n) is 5.52. The van der Waals surface area contributed by atoms with Gasteiger partial charge in [-0.25, -0.2) is 9.18 Å². The Labute approximate surface area is 141 Å². The number of rotatable bonds is 3. The number of aromatic nitrogens is 1. The Morgan fingerprint density at radius 1 is 1.46 bits per heavy atom.